The molecular formula is C9H7BrO3. The van der Waals surface area contributed by atoms with Crippen LogP contribution in [0.1, 0.15) is 17.3 Å². The largest absolute Gasteiger partial charge is 0.454 e. The van der Waals surface area contributed by atoms with Crippen LogP contribution in [0.3, 0.4) is 0 Å². The highest BCUT2D eigenvalue weighted by molar-refractivity contribution is 9.10. The number of benzene rings is 1. The first-order valence-corrected chi connectivity index (χ1v) is 4.58. The Labute approximate surface area is 83.8 Å². The molecule has 0 radical (unpaired) electrons. The second kappa shape index (κ2) is 3.03. The van der Waals surface area contributed by atoms with Crippen molar-refractivity contribution in [3.63, 3.8) is 0 Å². The number of carbonyl (C=O) groups excluding carboxylic acids is 1. The van der Waals surface area contributed by atoms with Crippen LogP contribution < -0.4 is 9.47 Å². The molecule has 1 heterocycles. The number of halogens is 1. The maximum absolute atomic E-state index is 11.1. The Balaban J connectivity index is 2.55. The van der Waals surface area contributed by atoms with Gasteiger partial charge in [-0.3, -0.25) is 4.79 Å². The van der Waals surface area contributed by atoms with Crippen LogP contribution >= 0.6 is 15.9 Å². The summed E-state index contributed by atoms with van der Waals surface area (Å²) in [7, 11) is 0. The molecule has 68 valence electrons. The molecule has 1 aromatic carbocycles. The van der Waals surface area contributed by atoms with E-state index < -0.39 is 0 Å². The van der Waals surface area contributed by atoms with E-state index in [2.05, 4.69) is 15.9 Å². The number of rotatable bonds is 1. The van der Waals surface area contributed by atoms with Crippen LogP contribution in [-0.4, -0.2) is 12.6 Å². The normalized spacial score (nSPS) is 13.1. The molecule has 13 heavy (non-hydrogen) atoms. The van der Waals surface area contributed by atoms with Gasteiger partial charge in [-0.1, -0.05) is 0 Å². The van der Waals surface area contributed by atoms with Crippen LogP contribution in [0.4, 0.5) is 0 Å². The highest BCUT2D eigenvalue weighted by Crippen LogP contribution is 2.39. The fourth-order valence-electron chi connectivity index (χ4n) is 1.17. The van der Waals surface area contributed by atoms with Gasteiger partial charge in [0.2, 0.25) is 6.79 Å². The Bertz CT molecular complexity index is 373. The fraction of sp³-hybridized carbons (Fsp3) is 0.222. The summed E-state index contributed by atoms with van der Waals surface area (Å²) in [4.78, 5) is 11.1. The number of carbonyl (C=O) groups is 1. The van der Waals surface area contributed by atoms with Crippen LogP contribution in [0.15, 0.2) is 16.6 Å². The van der Waals surface area contributed by atoms with Gasteiger partial charge in [-0.25, -0.2) is 0 Å². The summed E-state index contributed by atoms with van der Waals surface area (Å²) in [6, 6.07) is 3.42. The van der Waals surface area contributed by atoms with Crippen molar-refractivity contribution in [1.82, 2.24) is 0 Å². The third-order valence-corrected chi connectivity index (χ3v) is 2.42. The zero-order chi connectivity index (χ0) is 9.42. The maximum atomic E-state index is 11.1. The summed E-state index contributed by atoms with van der Waals surface area (Å²) in [6.07, 6.45) is 0. The number of hydrogen-bond donors (Lipinski definition) is 0. The van der Waals surface area contributed by atoms with Crippen molar-refractivity contribution in [3.8, 4) is 11.5 Å². The van der Waals surface area contributed by atoms with Gasteiger partial charge in [0.05, 0.1) is 4.47 Å². The predicted octanol–water partition coefficient (Wildman–Crippen LogP) is 2.38. The van der Waals surface area contributed by atoms with Crippen molar-refractivity contribution in [3.05, 3.63) is 22.2 Å². The van der Waals surface area contributed by atoms with E-state index in [0.717, 1.165) is 4.47 Å². The van der Waals surface area contributed by atoms with Crippen molar-refractivity contribution in [2.75, 3.05) is 6.79 Å². The molecule has 0 bridgehead atoms. The fourth-order valence-corrected chi connectivity index (χ4v) is 1.73. The van der Waals surface area contributed by atoms with Gasteiger partial charge in [0.25, 0.3) is 0 Å². The Morgan fingerprint density at radius 1 is 1.46 bits per heavy atom. The van der Waals surface area contributed by atoms with Gasteiger partial charge in [0.1, 0.15) is 0 Å². The monoisotopic (exact) mass is 242 g/mol. The van der Waals surface area contributed by atoms with Crippen LogP contribution in [-0.2, 0) is 0 Å². The molecule has 3 nitrogen and oxygen atoms in total. The third kappa shape index (κ3) is 1.42. The van der Waals surface area contributed by atoms with Gasteiger partial charge >= 0.3 is 0 Å². The van der Waals surface area contributed by atoms with E-state index in [0.29, 0.717) is 17.1 Å². The summed E-state index contributed by atoms with van der Waals surface area (Å²) in [5, 5.41) is 0. The van der Waals surface area contributed by atoms with Crippen molar-refractivity contribution < 1.29 is 14.3 Å². The van der Waals surface area contributed by atoms with Crippen LogP contribution in [0.5, 0.6) is 11.5 Å². The highest BCUT2D eigenvalue weighted by atomic mass is 79.9. The SMILES string of the molecule is CC(=O)c1cc(Br)c2c(c1)OCO2. The minimum atomic E-state index is 0.0130. The Kier molecular flexibility index (Phi) is 2.00. The first-order chi connectivity index (χ1) is 6.18. The molecule has 1 aromatic rings. The van der Waals surface area contributed by atoms with Gasteiger partial charge in [-0.15, -0.1) is 0 Å². The van der Waals surface area contributed by atoms with E-state index in [4.69, 9.17) is 9.47 Å². The molecule has 2 rings (SSSR count). The quantitative estimate of drug-likeness (QED) is 0.710. The first-order valence-electron chi connectivity index (χ1n) is 3.78. The lowest BCUT2D eigenvalue weighted by Crippen LogP contribution is -1.93. The molecule has 0 saturated carbocycles. The van der Waals surface area contributed by atoms with E-state index in [1.54, 1.807) is 12.1 Å². The molecule has 0 atom stereocenters. The third-order valence-electron chi connectivity index (χ3n) is 1.83. The highest BCUT2D eigenvalue weighted by Gasteiger charge is 2.18. The van der Waals surface area contributed by atoms with Crippen LogP contribution in [0.2, 0.25) is 0 Å². The average Bonchev–Trinajstić information content (AvgIpc) is 2.51. The van der Waals surface area contributed by atoms with E-state index in [1.165, 1.54) is 6.92 Å². The minimum Gasteiger partial charge on any atom is -0.454 e. The van der Waals surface area contributed by atoms with Gasteiger partial charge in [0, 0.05) is 5.56 Å². The summed E-state index contributed by atoms with van der Waals surface area (Å²) in [6.45, 7) is 1.74. The molecule has 0 spiro atoms. The summed E-state index contributed by atoms with van der Waals surface area (Å²) >= 11 is 3.31. The smallest absolute Gasteiger partial charge is 0.231 e. The van der Waals surface area contributed by atoms with Crippen molar-refractivity contribution in [2.24, 2.45) is 0 Å². The molecule has 0 amide bonds. The van der Waals surface area contributed by atoms with Gasteiger partial charge in [-0.2, -0.15) is 0 Å². The lowest BCUT2D eigenvalue weighted by atomic mass is 10.1. The summed E-state index contributed by atoms with van der Waals surface area (Å²) < 4.78 is 11.1. The number of ether oxygens (including phenoxy) is 2. The second-order valence-electron chi connectivity index (χ2n) is 2.75. The van der Waals surface area contributed by atoms with Crippen molar-refractivity contribution in [2.45, 2.75) is 6.92 Å². The molecule has 1 aliphatic heterocycles. The summed E-state index contributed by atoms with van der Waals surface area (Å²) in [5.74, 6) is 1.31. The Morgan fingerprint density at radius 2 is 2.23 bits per heavy atom. The summed E-state index contributed by atoms with van der Waals surface area (Å²) in [5.41, 5.74) is 0.621. The molecule has 0 aromatic heterocycles. The van der Waals surface area contributed by atoms with Gasteiger partial charge in [0.15, 0.2) is 17.3 Å². The molecule has 0 unspecified atom stereocenters. The lowest BCUT2D eigenvalue weighted by molar-refractivity contribution is 0.101. The second-order valence-corrected chi connectivity index (χ2v) is 3.60. The van der Waals surface area contributed by atoms with E-state index in [-0.39, 0.29) is 12.6 Å². The molecule has 0 N–H and O–H groups in total. The molecular weight excluding hydrogens is 236 g/mol. The van der Waals surface area contributed by atoms with Gasteiger partial charge < -0.3 is 9.47 Å². The first kappa shape index (κ1) is 8.56. The number of ketones is 1. The Morgan fingerprint density at radius 3 is 2.92 bits per heavy atom. The molecule has 0 aliphatic carbocycles. The van der Waals surface area contributed by atoms with Crippen molar-refractivity contribution >= 4 is 21.7 Å². The molecule has 1 aliphatic rings. The zero-order valence-corrected chi connectivity index (χ0v) is 8.55. The number of Topliss-reactive ketones (excluding diaryl/α,β-unsaturated/α-hetero) is 1. The van der Waals surface area contributed by atoms with Gasteiger partial charge in [-0.05, 0) is 35.0 Å². The van der Waals surface area contributed by atoms with Crippen LogP contribution in [0.25, 0.3) is 0 Å². The molecule has 0 fully saturated rings. The Hall–Kier alpha value is -1.03. The predicted molar refractivity (Wildman–Crippen MR) is 50.3 cm³/mol. The zero-order valence-electron chi connectivity index (χ0n) is 6.96. The molecule has 0 saturated heterocycles. The topological polar surface area (TPSA) is 35.5 Å². The standard InChI is InChI=1S/C9H7BrO3/c1-5(11)6-2-7(10)9-8(3-6)12-4-13-9/h2-3H,4H2,1H3. The maximum Gasteiger partial charge on any atom is 0.231 e. The van der Waals surface area contributed by atoms with E-state index >= 15 is 0 Å². The van der Waals surface area contributed by atoms with Crippen molar-refractivity contribution in [1.29, 1.82) is 0 Å². The lowest BCUT2D eigenvalue weighted by Gasteiger charge is -2.01. The van der Waals surface area contributed by atoms with E-state index in [1.807, 2.05) is 0 Å². The van der Waals surface area contributed by atoms with E-state index in [9.17, 15) is 4.79 Å². The average molecular weight is 243 g/mol. The number of hydrogen-bond acceptors (Lipinski definition) is 3. The minimum absolute atomic E-state index is 0.0130. The molecule has 4 heteroatoms. The van der Waals surface area contributed by atoms with Crippen LogP contribution in [0, 0.1) is 0 Å². The number of fused-ring (bicyclic) bond motifs is 1.